The summed E-state index contributed by atoms with van der Waals surface area (Å²) in [6.45, 7) is 3.78. The van der Waals surface area contributed by atoms with Crippen LogP contribution in [0.1, 0.15) is 12.5 Å². The van der Waals surface area contributed by atoms with E-state index in [1.54, 1.807) is 18.2 Å². The third-order valence-corrected chi connectivity index (χ3v) is 2.44. The second-order valence-corrected chi connectivity index (χ2v) is 4.23. The van der Waals surface area contributed by atoms with Gasteiger partial charge < -0.3 is 25.3 Å². The molecular weight excluding hydrogens is 246 g/mol. The number of likely N-dealkylation sites (N-methyl/N-ethyl adjacent to an activating group) is 1. The van der Waals surface area contributed by atoms with E-state index in [1.165, 1.54) is 0 Å². The second kappa shape index (κ2) is 7.48. The van der Waals surface area contributed by atoms with E-state index >= 15 is 0 Å². The molecule has 0 radical (unpaired) electrons. The topological polar surface area (TPSA) is 80.3 Å². The van der Waals surface area contributed by atoms with Crippen LogP contribution in [0.25, 0.3) is 0 Å². The lowest BCUT2D eigenvalue weighted by molar-refractivity contribution is 0.244. The smallest absolute Gasteiger partial charge is 0.170 e. The van der Waals surface area contributed by atoms with E-state index in [-0.39, 0.29) is 5.84 Å². The first kappa shape index (κ1) is 15.1. The molecule has 0 unspecified atom stereocenters. The van der Waals surface area contributed by atoms with Crippen LogP contribution in [0.4, 0.5) is 0 Å². The lowest BCUT2D eigenvalue weighted by Crippen LogP contribution is -2.19. The van der Waals surface area contributed by atoms with E-state index in [1.807, 2.05) is 25.9 Å². The maximum Gasteiger partial charge on any atom is 0.170 e. The molecule has 106 valence electrons. The summed E-state index contributed by atoms with van der Waals surface area (Å²) in [7, 11) is 3.96. The van der Waals surface area contributed by atoms with Crippen molar-refractivity contribution in [1.29, 1.82) is 0 Å². The van der Waals surface area contributed by atoms with Crippen LogP contribution in [0, 0.1) is 0 Å². The van der Waals surface area contributed by atoms with Gasteiger partial charge in [-0.1, -0.05) is 5.16 Å². The third-order valence-electron chi connectivity index (χ3n) is 2.44. The number of benzene rings is 1. The van der Waals surface area contributed by atoms with Crippen LogP contribution in [0.15, 0.2) is 23.4 Å². The zero-order chi connectivity index (χ0) is 14.3. The van der Waals surface area contributed by atoms with Crippen LogP contribution in [0.2, 0.25) is 0 Å². The SMILES string of the molecule is CCOc1cc(/C(N)=N/O)ccc1OCCN(C)C. The number of hydrogen-bond donors (Lipinski definition) is 2. The van der Waals surface area contributed by atoms with E-state index in [4.69, 9.17) is 20.4 Å². The maximum absolute atomic E-state index is 8.67. The van der Waals surface area contributed by atoms with Gasteiger partial charge in [0.1, 0.15) is 6.61 Å². The van der Waals surface area contributed by atoms with E-state index in [0.717, 1.165) is 6.54 Å². The van der Waals surface area contributed by atoms with Crippen molar-refractivity contribution in [2.45, 2.75) is 6.92 Å². The van der Waals surface area contributed by atoms with Crippen LogP contribution < -0.4 is 15.2 Å². The van der Waals surface area contributed by atoms with Gasteiger partial charge in [-0.05, 0) is 39.2 Å². The van der Waals surface area contributed by atoms with Crippen LogP contribution in [-0.4, -0.2) is 49.8 Å². The van der Waals surface area contributed by atoms with Gasteiger partial charge >= 0.3 is 0 Å². The standard InChI is InChI=1S/C13H21N3O3/c1-4-18-12-9-10(13(14)15-17)5-6-11(12)19-8-7-16(2)3/h5-6,9,17H,4,7-8H2,1-3H3,(H2,14,15). The molecule has 0 aliphatic heterocycles. The number of ether oxygens (including phenoxy) is 2. The summed E-state index contributed by atoms with van der Waals surface area (Å²) in [6, 6.07) is 5.18. The highest BCUT2D eigenvalue weighted by Gasteiger charge is 2.09. The minimum atomic E-state index is 0.0424. The van der Waals surface area contributed by atoms with E-state index in [2.05, 4.69) is 5.16 Å². The van der Waals surface area contributed by atoms with Crippen molar-refractivity contribution in [2.24, 2.45) is 10.9 Å². The summed E-state index contributed by atoms with van der Waals surface area (Å²) in [5, 5.41) is 11.6. The highest BCUT2D eigenvalue weighted by Crippen LogP contribution is 2.28. The number of nitrogens with zero attached hydrogens (tertiary/aromatic N) is 2. The van der Waals surface area contributed by atoms with Gasteiger partial charge in [0.2, 0.25) is 0 Å². The van der Waals surface area contributed by atoms with Crippen LogP contribution >= 0.6 is 0 Å². The van der Waals surface area contributed by atoms with Crippen molar-refractivity contribution in [3.05, 3.63) is 23.8 Å². The molecule has 0 fully saturated rings. The Bertz CT molecular complexity index is 433. The predicted octanol–water partition coefficient (Wildman–Crippen LogP) is 1.12. The first-order valence-electron chi connectivity index (χ1n) is 6.10. The second-order valence-electron chi connectivity index (χ2n) is 4.23. The minimum Gasteiger partial charge on any atom is -0.490 e. The lowest BCUT2D eigenvalue weighted by Gasteiger charge is -2.15. The molecule has 6 heteroatoms. The van der Waals surface area contributed by atoms with E-state index < -0.39 is 0 Å². The number of oxime groups is 1. The molecule has 0 saturated carbocycles. The van der Waals surface area contributed by atoms with Crippen molar-refractivity contribution in [3.8, 4) is 11.5 Å². The van der Waals surface area contributed by atoms with Gasteiger partial charge in [0.15, 0.2) is 17.3 Å². The van der Waals surface area contributed by atoms with Crippen LogP contribution in [0.3, 0.4) is 0 Å². The zero-order valence-electron chi connectivity index (χ0n) is 11.6. The number of amidine groups is 1. The van der Waals surface area contributed by atoms with Gasteiger partial charge in [-0.2, -0.15) is 0 Å². The fourth-order valence-corrected chi connectivity index (χ4v) is 1.45. The van der Waals surface area contributed by atoms with Gasteiger partial charge in [0.25, 0.3) is 0 Å². The van der Waals surface area contributed by atoms with E-state index in [9.17, 15) is 0 Å². The predicted molar refractivity (Wildman–Crippen MR) is 74.2 cm³/mol. The van der Waals surface area contributed by atoms with Crippen molar-refractivity contribution < 1.29 is 14.7 Å². The fourth-order valence-electron chi connectivity index (χ4n) is 1.45. The Morgan fingerprint density at radius 1 is 1.32 bits per heavy atom. The lowest BCUT2D eigenvalue weighted by atomic mass is 10.2. The molecule has 0 bridgehead atoms. The molecule has 0 saturated heterocycles. The Kier molecular flexibility index (Phi) is 5.95. The first-order valence-corrected chi connectivity index (χ1v) is 6.10. The zero-order valence-corrected chi connectivity index (χ0v) is 11.6. The number of rotatable bonds is 7. The Balaban J connectivity index is 2.85. The molecule has 19 heavy (non-hydrogen) atoms. The monoisotopic (exact) mass is 267 g/mol. The van der Waals surface area contributed by atoms with Crippen molar-refractivity contribution in [3.63, 3.8) is 0 Å². The van der Waals surface area contributed by atoms with Crippen molar-refractivity contribution in [1.82, 2.24) is 4.90 Å². The number of nitrogens with two attached hydrogens (primary N) is 1. The van der Waals surface area contributed by atoms with Gasteiger partial charge in [-0.25, -0.2) is 0 Å². The number of hydrogen-bond acceptors (Lipinski definition) is 5. The average molecular weight is 267 g/mol. The molecule has 0 spiro atoms. The average Bonchev–Trinajstić information content (AvgIpc) is 2.39. The maximum atomic E-state index is 8.67. The Labute approximate surface area is 113 Å². The fraction of sp³-hybridized carbons (Fsp3) is 0.462. The molecule has 0 heterocycles. The summed E-state index contributed by atoms with van der Waals surface area (Å²) in [5.41, 5.74) is 6.14. The molecule has 0 aromatic heterocycles. The summed E-state index contributed by atoms with van der Waals surface area (Å²) >= 11 is 0. The van der Waals surface area contributed by atoms with Crippen LogP contribution in [0.5, 0.6) is 11.5 Å². The van der Waals surface area contributed by atoms with Gasteiger partial charge in [-0.3, -0.25) is 0 Å². The molecule has 0 aliphatic rings. The Morgan fingerprint density at radius 3 is 2.63 bits per heavy atom. The molecule has 1 aromatic carbocycles. The molecule has 1 rings (SSSR count). The van der Waals surface area contributed by atoms with Gasteiger partial charge in [0.05, 0.1) is 6.61 Å². The first-order chi connectivity index (χ1) is 9.08. The highest BCUT2D eigenvalue weighted by atomic mass is 16.5. The molecule has 0 amide bonds. The van der Waals surface area contributed by atoms with Crippen LogP contribution in [-0.2, 0) is 0 Å². The van der Waals surface area contributed by atoms with Crippen molar-refractivity contribution >= 4 is 5.84 Å². The molecular formula is C13H21N3O3. The molecule has 6 nitrogen and oxygen atoms in total. The summed E-state index contributed by atoms with van der Waals surface area (Å²) < 4.78 is 11.2. The normalized spacial score (nSPS) is 11.7. The molecule has 1 aromatic rings. The third kappa shape index (κ3) is 4.67. The minimum absolute atomic E-state index is 0.0424. The molecule has 3 N–H and O–H groups in total. The van der Waals surface area contributed by atoms with E-state index in [0.29, 0.717) is 30.3 Å². The molecule has 0 aliphatic carbocycles. The largest absolute Gasteiger partial charge is 0.490 e. The summed E-state index contributed by atoms with van der Waals surface area (Å²) in [4.78, 5) is 2.03. The molecule has 0 atom stereocenters. The quantitative estimate of drug-likeness (QED) is 0.335. The Morgan fingerprint density at radius 2 is 2.05 bits per heavy atom. The van der Waals surface area contributed by atoms with Crippen molar-refractivity contribution in [2.75, 3.05) is 33.9 Å². The summed E-state index contributed by atoms with van der Waals surface area (Å²) in [5.74, 6) is 1.28. The Hall–Kier alpha value is -1.95. The highest BCUT2D eigenvalue weighted by molar-refractivity contribution is 5.97. The summed E-state index contributed by atoms with van der Waals surface area (Å²) in [6.07, 6.45) is 0. The van der Waals surface area contributed by atoms with Gasteiger partial charge in [-0.15, -0.1) is 0 Å². The van der Waals surface area contributed by atoms with Gasteiger partial charge in [0, 0.05) is 12.1 Å².